The van der Waals surface area contributed by atoms with Crippen molar-refractivity contribution in [3.05, 3.63) is 117 Å². The number of hydrogen-bond acceptors (Lipinski definition) is 7. The molecule has 0 amide bonds. The number of carbonyl (C=O) groups is 1. The molecule has 39 heavy (non-hydrogen) atoms. The monoisotopic (exact) mass is 521 g/mol. The molecule has 3 aromatic carbocycles. The summed E-state index contributed by atoms with van der Waals surface area (Å²) in [6, 6.07) is 23.1. The Hall–Kier alpha value is -5.16. The summed E-state index contributed by atoms with van der Waals surface area (Å²) >= 11 is 0. The van der Waals surface area contributed by atoms with E-state index in [9.17, 15) is 20.0 Å². The molecule has 0 radical (unpaired) electrons. The van der Waals surface area contributed by atoms with Crippen molar-refractivity contribution in [1.29, 1.82) is 5.26 Å². The van der Waals surface area contributed by atoms with Crippen LogP contribution in [0.25, 0.3) is 0 Å². The number of para-hydroxylation sites is 1. The lowest BCUT2D eigenvalue weighted by molar-refractivity contribution is 0.103. The van der Waals surface area contributed by atoms with E-state index in [1.165, 1.54) is 13.3 Å². The first-order valence-corrected chi connectivity index (χ1v) is 12.2. The van der Waals surface area contributed by atoms with Crippen LogP contribution in [0.4, 0.5) is 5.69 Å². The van der Waals surface area contributed by atoms with Crippen molar-refractivity contribution < 1.29 is 19.4 Å². The molecule has 0 aliphatic carbocycles. The third-order valence-electron chi connectivity index (χ3n) is 6.44. The number of hydrogen-bond donors (Lipinski definition) is 1. The number of methoxy groups -OCH3 is 2. The van der Waals surface area contributed by atoms with Gasteiger partial charge in [0.15, 0.2) is 17.3 Å². The van der Waals surface area contributed by atoms with Gasteiger partial charge < -0.3 is 14.6 Å². The molecule has 1 aromatic heterocycles. The molecule has 1 N–H and O–H groups in total. The molecule has 0 saturated carbocycles. The molecule has 0 unspecified atom stereocenters. The van der Waals surface area contributed by atoms with Crippen LogP contribution in [-0.2, 0) is 13.0 Å². The zero-order chi connectivity index (χ0) is 27.9. The first kappa shape index (κ1) is 26.9. The number of rotatable bonds is 9. The van der Waals surface area contributed by atoms with Crippen molar-refractivity contribution in [2.45, 2.75) is 19.9 Å². The van der Waals surface area contributed by atoms with Crippen LogP contribution < -0.4 is 15.0 Å². The molecule has 8 nitrogen and oxygen atoms in total. The molecule has 4 aromatic rings. The minimum absolute atomic E-state index is 0.0878. The van der Waals surface area contributed by atoms with Gasteiger partial charge in [0.05, 0.1) is 25.5 Å². The van der Waals surface area contributed by atoms with Gasteiger partial charge in [-0.1, -0.05) is 48.5 Å². The lowest BCUT2D eigenvalue weighted by atomic mass is 10.0. The van der Waals surface area contributed by atoms with E-state index in [1.807, 2.05) is 18.2 Å². The summed E-state index contributed by atoms with van der Waals surface area (Å²) in [5, 5.41) is 20.8. The van der Waals surface area contributed by atoms with Crippen molar-refractivity contribution in [2.24, 2.45) is 4.99 Å². The number of nitrogens with zero attached hydrogens (tertiary/aromatic N) is 3. The van der Waals surface area contributed by atoms with Crippen molar-refractivity contribution in [3.8, 4) is 23.4 Å². The van der Waals surface area contributed by atoms with Crippen LogP contribution in [0.2, 0.25) is 0 Å². The number of benzene rings is 3. The summed E-state index contributed by atoms with van der Waals surface area (Å²) in [4.78, 5) is 30.6. The average molecular weight is 522 g/mol. The van der Waals surface area contributed by atoms with E-state index in [4.69, 9.17) is 9.47 Å². The number of ether oxygens (including phenoxy) is 2. The van der Waals surface area contributed by atoms with Crippen LogP contribution in [0, 0.1) is 18.3 Å². The second kappa shape index (κ2) is 11.9. The zero-order valence-electron chi connectivity index (χ0n) is 21.8. The van der Waals surface area contributed by atoms with E-state index in [0.29, 0.717) is 40.3 Å². The minimum atomic E-state index is -0.593. The molecule has 4 rings (SSSR count). The normalized spacial score (nSPS) is 10.8. The first-order chi connectivity index (χ1) is 18.9. The quantitative estimate of drug-likeness (QED) is 0.246. The van der Waals surface area contributed by atoms with E-state index in [1.54, 1.807) is 74.7 Å². The lowest BCUT2D eigenvalue weighted by Crippen LogP contribution is -2.26. The molecular weight excluding hydrogens is 494 g/mol. The Morgan fingerprint density at radius 1 is 1.03 bits per heavy atom. The van der Waals surface area contributed by atoms with Gasteiger partial charge in [-0.15, -0.1) is 0 Å². The molecule has 196 valence electrons. The van der Waals surface area contributed by atoms with Gasteiger partial charge in [-0.3, -0.25) is 19.1 Å². The molecule has 0 spiro atoms. The van der Waals surface area contributed by atoms with E-state index < -0.39 is 5.56 Å². The third kappa shape index (κ3) is 5.58. The van der Waals surface area contributed by atoms with Gasteiger partial charge in [0.2, 0.25) is 5.88 Å². The summed E-state index contributed by atoms with van der Waals surface area (Å²) < 4.78 is 11.8. The standard InChI is InChI=1S/C31H27N3O5/c1-20-24(18-32)30(36)34(16-15-21-13-14-27(38-2)28(17-21)39-3)31(37)25(20)19-33-26-12-8-7-11-23(26)29(35)22-9-5-4-6-10-22/h4-14,17,19,37H,15-16H2,1-3H3. The van der Waals surface area contributed by atoms with Crippen LogP contribution in [0.5, 0.6) is 17.4 Å². The average Bonchev–Trinajstić information content (AvgIpc) is 2.97. The van der Waals surface area contributed by atoms with Crippen LogP contribution >= 0.6 is 0 Å². The highest BCUT2D eigenvalue weighted by Gasteiger charge is 2.19. The molecule has 0 aliphatic heterocycles. The molecule has 8 heteroatoms. The first-order valence-electron chi connectivity index (χ1n) is 12.2. The number of ketones is 1. The highest BCUT2D eigenvalue weighted by molar-refractivity contribution is 6.12. The summed E-state index contributed by atoms with van der Waals surface area (Å²) in [5.74, 6) is 0.618. The smallest absolute Gasteiger partial charge is 0.271 e. The van der Waals surface area contributed by atoms with Crippen molar-refractivity contribution in [2.75, 3.05) is 14.2 Å². The van der Waals surface area contributed by atoms with Crippen molar-refractivity contribution in [3.63, 3.8) is 0 Å². The van der Waals surface area contributed by atoms with Gasteiger partial charge in [0, 0.05) is 23.9 Å². The molecule has 0 atom stereocenters. The van der Waals surface area contributed by atoms with Gasteiger partial charge in [0.25, 0.3) is 5.56 Å². The van der Waals surface area contributed by atoms with Gasteiger partial charge in [-0.25, -0.2) is 0 Å². The van der Waals surface area contributed by atoms with Gasteiger partial charge >= 0.3 is 0 Å². The molecule has 0 aliphatic rings. The second-order valence-electron chi connectivity index (χ2n) is 8.72. The number of carbonyl (C=O) groups excluding carboxylic acids is 1. The predicted octanol–water partition coefficient (Wildman–Crippen LogP) is 4.98. The number of nitriles is 1. The van der Waals surface area contributed by atoms with Gasteiger partial charge in [-0.2, -0.15) is 5.26 Å². The number of aromatic nitrogens is 1. The summed E-state index contributed by atoms with van der Waals surface area (Å²) in [6.45, 7) is 1.69. The second-order valence-corrected chi connectivity index (χ2v) is 8.72. The summed E-state index contributed by atoms with van der Waals surface area (Å²) in [7, 11) is 3.08. The van der Waals surface area contributed by atoms with E-state index in [2.05, 4.69) is 4.99 Å². The Kier molecular flexibility index (Phi) is 8.22. The Balaban J connectivity index is 1.71. The topological polar surface area (TPSA) is 114 Å². The number of aliphatic imine (C=N–C) groups is 1. The van der Waals surface area contributed by atoms with E-state index in [-0.39, 0.29) is 29.3 Å². The molecule has 0 saturated heterocycles. The highest BCUT2D eigenvalue weighted by Crippen LogP contribution is 2.29. The maximum atomic E-state index is 13.1. The Bertz CT molecular complexity index is 1650. The molecular formula is C31H27N3O5. The van der Waals surface area contributed by atoms with Gasteiger partial charge in [-0.05, 0) is 48.7 Å². The number of aromatic hydroxyl groups is 1. The van der Waals surface area contributed by atoms with E-state index >= 15 is 0 Å². The Morgan fingerprint density at radius 2 is 1.72 bits per heavy atom. The predicted molar refractivity (Wildman–Crippen MR) is 149 cm³/mol. The Morgan fingerprint density at radius 3 is 2.41 bits per heavy atom. The number of aryl methyl sites for hydroxylation is 1. The maximum absolute atomic E-state index is 13.1. The molecule has 0 fully saturated rings. The summed E-state index contributed by atoms with van der Waals surface area (Å²) in [5.41, 5.74) is 2.00. The molecule has 1 heterocycles. The maximum Gasteiger partial charge on any atom is 0.271 e. The van der Waals surface area contributed by atoms with Crippen molar-refractivity contribution in [1.82, 2.24) is 4.57 Å². The fraction of sp³-hybridized carbons (Fsp3) is 0.161. The lowest BCUT2D eigenvalue weighted by Gasteiger charge is -2.15. The summed E-state index contributed by atoms with van der Waals surface area (Å²) in [6.07, 6.45) is 1.77. The highest BCUT2D eigenvalue weighted by atomic mass is 16.5. The zero-order valence-corrected chi connectivity index (χ0v) is 21.8. The molecule has 0 bridgehead atoms. The SMILES string of the molecule is COc1ccc(CCn2c(O)c(C=Nc3ccccc3C(=O)c3ccccc3)c(C)c(C#N)c2=O)cc1OC. The largest absolute Gasteiger partial charge is 0.494 e. The number of pyridine rings is 1. The fourth-order valence-corrected chi connectivity index (χ4v) is 4.27. The Labute approximate surface area is 226 Å². The third-order valence-corrected chi connectivity index (χ3v) is 6.44. The van der Waals surface area contributed by atoms with Crippen LogP contribution in [0.3, 0.4) is 0 Å². The minimum Gasteiger partial charge on any atom is -0.494 e. The van der Waals surface area contributed by atoms with Gasteiger partial charge in [0.1, 0.15) is 11.6 Å². The fourth-order valence-electron chi connectivity index (χ4n) is 4.27. The van der Waals surface area contributed by atoms with Crippen molar-refractivity contribution >= 4 is 17.7 Å². The van der Waals surface area contributed by atoms with E-state index in [0.717, 1.165) is 10.1 Å². The van der Waals surface area contributed by atoms with Crippen LogP contribution in [0.1, 0.15) is 38.2 Å². The van der Waals surface area contributed by atoms with Crippen LogP contribution in [0.15, 0.2) is 82.6 Å². The van der Waals surface area contributed by atoms with Crippen LogP contribution in [-0.4, -0.2) is 35.9 Å².